The Morgan fingerprint density at radius 2 is 2.00 bits per heavy atom. The summed E-state index contributed by atoms with van der Waals surface area (Å²) in [6.45, 7) is 1.92. The van der Waals surface area contributed by atoms with Gasteiger partial charge in [0.15, 0.2) is 4.32 Å². The van der Waals surface area contributed by atoms with Crippen molar-refractivity contribution in [3.05, 3.63) is 29.8 Å². The van der Waals surface area contributed by atoms with Crippen molar-refractivity contribution in [1.29, 1.82) is 0 Å². The average molecular weight is 239 g/mol. The summed E-state index contributed by atoms with van der Waals surface area (Å²) >= 11 is 6.43. The molecular weight excluding hydrogens is 226 g/mol. The molecule has 0 amide bonds. The van der Waals surface area contributed by atoms with Crippen molar-refractivity contribution < 1.29 is 0 Å². The van der Waals surface area contributed by atoms with Gasteiger partial charge in [-0.15, -0.1) is 0 Å². The van der Waals surface area contributed by atoms with Crippen LogP contribution < -0.4 is 11.2 Å². The van der Waals surface area contributed by atoms with E-state index in [1.807, 2.05) is 37.4 Å². The van der Waals surface area contributed by atoms with Gasteiger partial charge in [0.25, 0.3) is 0 Å². The van der Waals surface area contributed by atoms with E-state index >= 15 is 0 Å². The number of nitrogens with two attached hydrogens (primary N) is 1. The first-order valence-electron chi connectivity index (χ1n) is 4.37. The second kappa shape index (κ2) is 5.72. The van der Waals surface area contributed by atoms with Crippen molar-refractivity contribution >= 4 is 39.7 Å². The van der Waals surface area contributed by atoms with Crippen molar-refractivity contribution in [1.82, 2.24) is 5.43 Å². The SMILES string of the molecule is CSC(=S)N/N=C(\C)c1ccc(N)cc1. The predicted molar refractivity (Wildman–Crippen MR) is 72.3 cm³/mol. The Morgan fingerprint density at radius 3 is 2.53 bits per heavy atom. The van der Waals surface area contributed by atoms with E-state index in [1.165, 1.54) is 11.8 Å². The number of hydrogen-bond acceptors (Lipinski definition) is 4. The zero-order valence-electron chi connectivity index (χ0n) is 8.65. The van der Waals surface area contributed by atoms with Crippen LogP contribution in [0.2, 0.25) is 0 Å². The number of hydrazone groups is 1. The van der Waals surface area contributed by atoms with Crippen LogP contribution in [0.25, 0.3) is 0 Å². The first kappa shape index (κ1) is 12.0. The second-order valence-corrected chi connectivity index (χ2v) is 4.41. The molecule has 3 N–H and O–H groups in total. The Bertz CT molecular complexity index is 371. The van der Waals surface area contributed by atoms with Gasteiger partial charge in [0, 0.05) is 5.69 Å². The van der Waals surface area contributed by atoms with Crippen LogP contribution in [0.3, 0.4) is 0 Å². The van der Waals surface area contributed by atoms with E-state index in [-0.39, 0.29) is 0 Å². The van der Waals surface area contributed by atoms with Gasteiger partial charge in [-0.25, -0.2) is 0 Å². The highest BCUT2D eigenvalue weighted by molar-refractivity contribution is 8.22. The summed E-state index contributed by atoms with van der Waals surface area (Å²) in [4.78, 5) is 0. The van der Waals surface area contributed by atoms with E-state index < -0.39 is 0 Å². The van der Waals surface area contributed by atoms with Crippen molar-refractivity contribution in [2.45, 2.75) is 6.92 Å². The third kappa shape index (κ3) is 3.89. The van der Waals surface area contributed by atoms with E-state index in [0.29, 0.717) is 4.32 Å². The quantitative estimate of drug-likeness (QED) is 0.360. The molecule has 0 heterocycles. The van der Waals surface area contributed by atoms with Crippen LogP contribution in [0.4, 0.5) is 5.69 Å². The van der Waals surface area contributed by atoms with E-state index in [0.717, 1.165) is 17.0 Å². The lowest BCUT2D eigenvalue weighted by Gasteiger charge is -2.03. The van der Waals surface area contributed by atoms with Crippen molar-refractivity contribution in [2.75, 3.05) is 12.0 Å². The fourth-order valence-corrected chi connectivity index (χ4v) is 1.15. The minimum absolute atomic E-state index is 0.657. The topological polar surface area (TPSA) is 50.4 Å². The molecule has 5 heteroatoms. The summed E-state index contributed by atoms with van der Waals surface area (Å²) in [5.74, 6) is 0. The molecule has 0 bridgehead atoms. The molecule has 1 aromatic rings. The molecule has 3 nitrogen and oxygen atoms in total. The molecule has 0 atom stereocenters. The van der Waals surface area contributed by atoms with E-state index in [2.05, 4.69) is 10.5 Å². The molecule has 0 unspecified atom stereocenters. The molecule has 0 aromatic heterocycles. The monoisotopic (exact) mass is 239 g/mol. The van der Waals surface area contributed by atoms with Crippen molar-refractivity contribution in [3.63, 3.8) is 0 Å². The van der Waals surface area contributed by atoms with Gasteiger partial charge in [0.1, 0.15) is 0 Å². The van der Waals surface area contributed by atoms with Crippen LogP contribution in [0.5, 0.6) is 0 Å². The molecule has 1 aromatic carbocycles. The fraction of sp³-hybridized carbons (Fsp3) is 0.200. The van der Waals surface area contributed by atoms with Crippen LogP contribution in [-0.2, 0) is 0 Å². The summed E-state index contributed by atoms with van der Waals surface area (Å²) in [5, 5.41) is 4.16. The molecule has 0 aliphatic carbocycles. The molecule has 0 saturated carbocycles. The smallest absolute Gasteiger partial charge is 0.153 e. The standard InChI is InChI=1S/C10H13N3S2/c1-7(12-13-10(14)15-2)8-3-5-9(11)6-4-8/h3-6H,11H2,1-2H3,(H,13,14)/b12-7+. The first-order valence-corrected chi connectivity index (χ1v) is 6.01. The van der Waals surface area contributed by atoms with Crippen LogP contribution >= 0.6 is 24.0 Å². The third-order valence-electron chi connectivity index (χ3n) is 1.83. The molecule has 0 aliphatic rings. The highest BCUT2D eigenvalue weighted by atomic mass is 32.2. The summed E-state index contributed by atoms with van der Waals surface area (Å²) in [6.07, 6.45) is 1.91. The summed E-state index contributed by atoms with van der Waals surface area (Å²) < 4.78 is 0.657. The van der Waals surface area contributed by atoms with Gasteiger partial charge in [0.2, 0.25) is 0 Å². The Labute approximate surface area is 99.1 Å². The van der Waals surface area contributed by atoms with Gasteiger partial charge in [-0.2, -0.15) is 5.10 Å². The third-order valence-corrected chi connectivity index (χ3v) is 2.88. The number of anilines is 1. The van der Waals surface area contributed by atoms with Gasteiger partial charge in [-0.05, 0) is 30.9 Å². The molecule has 1 rings (SSSR count). The fourth-order valence-electron chi connectivity index (χ4n) is 0.964. The lowest BCUT2D eigenvalue weighted by molar-refractivity contribution is 1.06. The molecule has 0 saturated heterocycles. The summed E-state index contributed by atoms with van der Waals surface area (Å²) in [7, 11) is 0. The second-order valence-electron chi connectivity index (χ2n) is 2.92. The largest absolute Gasteiger partial charge is 0.399 e. The highest BCUT2D eigenvalue weighted by Gasteiger charge is 1.97. The maximum absolute atomic E-state index is 5.59. The number of thiocarbonyl (C=S) groups is 1. The average Bonchev–Trinajstić information content (AvgIpc) is 2.26. The molecule has 80 valence electrons. The predicted octanol–water partition coefficient (Wildman–Crippen LogP) is 2.23. The normalized spacial score (nSPS) is 11.2. The molecule has 15 heavy (non-hydrogen) atoms. The number of rotatable bonds is 2. The van der Waals surface area contributed by atoms with Crippen molar-refractivity contribution in [3.8, 4) is 0 Å². The number of hydrogen-bond donors (Lipinski definition) is 2. The van der Waals surface area contributed by atoms with Crippen LogP contribution in [0.15, 0.2) is 29.4 Å². The van der Waals surface area contributed by atoms with Gasteiger partial charge in [-0.3, -0.25) is 5.43 Å². The Morgan fingerprint density at radius 1 is 1.40 bits per heavy atom. The van der Waals surface area contributed by atoms with Gasteiger partial charge < -0.3 is 5.73 Å². The van der Waals surface area contributed by atoms with Gasteiger partial charge in [-0.1, -0.05) is 36.1 Å². The van der Waals surface area contributed by atoms with Gasteiger partial charge >= 0.3 is 0 Å². The van der Waals surface area contributed by atoms with Crippen molar-refractivity contribution in [2.24, 2.45) is 5.10 Å². The zero-order valence-corrected chi connectivity index (χ0v) is 10.3. The Hall–Kier alpha value is -1.07. The molecule has 0 radical (unpaired) electrons. The number of nitrogen functional groups attached to an aromatic ring is 1. The van der Waals surface area contributed by atoms with E-state index in [4.69, 9.17) is 18.0 Å². The molecular formula is C10H13N3S2. The van der Waals surface area contributed by atoms with Crippen LogP contribution in [0, 0.1) is 0 Å². The van der Waals surface area contributed by atoms with Crippen LogP contribution in [0.1, 0.15) is 12.5 Å². The Balaban J connectivity index is 2.71. The lowest BCUT2D eigenvalue weighted by Crippen LogP contribution is -2.13. The number of thioether (sulfide) groups is 1. The Kier molecular flexibility index (Phi) is 4.58. The van der Waals surface area contributed by atoms with Gasteiger partial charge in [0.05, 0.1) is 5.71 Å². The van der Waals surface area contributed by atoms with E-state index in [9.17, 15) is 0 Å². The maximum Gasteiger partial charge on any atom is 0.153 e. The maximum atomic E-state index is 5.59. The molecule has 0 aliphatic heterocycles. The van der Waals surface area contributed by atoms with E-state index in [1.54, 1.807) is 0 Å². The number of benzene rings is 1. The summed E-state index contributed by atoms with van der Waals surface area (Å²) in [5.41, 5.74) is 11.0. The summed E-state index contributed by atoms with van der Waals surface area (Å²) in [6, 6.07) is 7.55. The minimum atomic E-state index is 0.657. The number of nitrogens with zero attached hydrogens (tertiary/aromatic N) is 1. The number of nitrogens with one attached hydrogen (secondary N) is 1. The first-order chi connectivity index (χ1) is 7.13. The zero-order chi connectivity index (χ0) is 11.3. The molecule has 0 spiro atoms. The minimum Gasteiger partial charge on any atom is -0.399 e. The molecule has 0 fully saturated rings. The lowest BCUT2D eigenvalue weighted by atomic mass is 10.1. The van der Waals surface area contributed by atoms with Crippen LogP contribution in [-0.4, -0.2) is 16.3 Å². The highest BCUT2D eigenvalue weighted by Crippen LogP contribution is 2.06.